The molecule has 114 valence electrons. The lowest BCUT2D eigenvalue weighted by Gasteiger charge is -2.14. The third-order valence-electron chi connectivity index (χ3n) is 2.53. The molecule has 0 heterocycles. The van der Waals surface area contributed by atoms with Crippen molar-refractivity contribution in [1.29, 1.82) is 0 Å². The van der Waals surface area contributed by atoms with Gasteiger partial charge < -0.3 is 11.1 Å². The van der Waals surface area contributed by atoms with Gasteiger partial charge in [0.25, 0.3) is 0 Å². The number of rotatable bonds is 5. The predicted molar refractivity (Wildman–Crippen MR) is 61.8 cm³/mol. The molecule has 0 radical (unpaired) electrons. The molecule has 0 unspecified atom stereocenters. The molecule has 20 heavy (non-hydrogen) atoms. The van der Waals surface area contributed by atoms with E-state index in [1.807, 2.05) is 0 Å². The summed E-state index contributed by atoms with van der Waals surface area (Å²) in [5, 5.41) is 2.75. The summed E-state index contributed by atoms with van der Waals surface area (Å²) < 4.78 is 75.4. The van der Waals surface area contributed by atoms with Gasteiger partial charge in [0.2, 0.25) is 0 Å². The van der Waals surface area contributed by atoms with Crippen LogP contribution in [0.3, 0.4) is 0 Å². The van der Waals surface area contributed by atoms with Gasteiger partial charge in [0.15, 0.2) is 0 Å². The van der Waals surface area contributed by atoms with Gasteiger partial charge >= 0.3 is 12.4 Å². The fourth-order valence-corrected chi connectivity index (χ4v) is 1.58. The molecule has 2 nitrogen and oxygen atoms in total. The van der Waals surface area contributed by atoms with Crippen molar-refractivity contribution in [3.05, 3.63) is 34.9 Å². The van der Waals surface area contributed by atoms with Gasteiger partial charge in [0, 0.05) is 6.54 Å². The Bertz CT molecular complexity index is 406. The second kappa shape index (κ2) is 6.45. The van der Waals surface area contributed by atoms with Crippen LogP contribution < -0.4 is 11.1 Å². The Kier molecular flexibility index (Phi) is 5.41. The van der Waals surface area contributed by atoms with E-state index in [2.05, 4.69) is 5.32 Å². The highest BCUT2D eigenvalue weighted by atomic mass is 19.4. The van der Waals surface area contributed by atoms with Crippen molar-refractivity contribution in [1.82, 2.24) is 5.32 Å². The van der Waals surface area contributed by atoms with E-state index in [9.17, 15) is 26.3 Å². The minimum absolute atomic E-state index is 0.0656. The lowest BCUT2D eigenvalue weighted by atomic mass is 10.0. The lowest BCUT2D eigenvalue weighted by molar-refractivity contribution is -0.143. The Morgan fingerprint density at radius 1 is 0.900 bits per heavy atom. The molecule has 0 amide bonds. The molecule has 0 aromatic heterocycles. The molecule has 1 rings (SSSR count). The zero-order valence-electron chi connectivity index (χ0n) is 10.4. The zero-order valence-corrected chi connectivity index (χ0v) is 10.4. The Morgan fingerprint density at radius 3 is 1.80 bits per heavy atom. The van der Waals surface area contributed by atoms with Crippen LogP contribution >= 0.6 is 0 Å². The third-order valence-corrected chi connectivity index (χ3v) is 2.53. The van der Waals surface area contributed by atoms with E-state index in [-0.39, 0.29) is 18.2 Å². The summed E-state index contributed by atoms with van der Waals surface area (Å²) in [5.41, 5.74) is 2.56. The van der Waals surface area contributed by atoms with Crippen LogP contribution in [0.25, 0.3) is 0 Å². The maximum atomic E-state index is 12.6. The summed E-state index contributed by atoms with van der Waals surface area (Å²) in [6.45, 7) is 0.741. The number of nitrogens with one attached hydrogen (secondary N) is 1. The minimum atomic E-state index is -4.81. The molecule has 8 heteroatoms. The van der Waals surface area contributed by atoms with Crippen molar-refractivity contribution in [2.45, 2.75) is 25.3 Å². The Morgan fingerprint density at radius 2 is 1.40 bits per heavy atom. The number of alkyl halides is 6. The van der Waals surface area contributed by atoms with Crippen LogP contribution in [0.15, 0.2) is 18.2 Å². The topological polar surface area (TPSA) is 38.0 Å². The van der Waals surface area contributed by atoms with Crippen molar-refractivity contribution in [2.24, 2.45) is 5.73 Å². The van der Waals surface area contributed by atoms with Gasteiger partial charge in [-0.25, -0.2) is 0 Å². The standard InChI is InChI=1S/C12H14F6N2/c13-11(14,15)9-4-8(7-20-3-1-2-19)5-10(6-9)12(16,17)18/h4-6,20H,1-3,7,19H2. The maximum absolute atomic E-state index is 12.6. The van der Waals surface area contributed by atoms with E-state index in [0.717, 1.165) is 0 Å². The molecule has 1 aromatic rings. The first-order valence-corrected chi connectivity index (χ1v) is 5.83. The van der Waals surface area contributed by atoms with Crippen molar-refractivity contribution in [3.8, 4) is 0 Å². The van der Waals surface area contributed by atoms with Crippen LogP contribution in [0, 0.1) is 0 Å². The first kappa shape index (κ1) is 16.8. The summed E-state index contributed by atoms with van der Waals surface area (Å²) in [6.07, 6.45) is -9.04. The molecule has 0 aliphatic rings. The molecule has 3 N–H and O–H groups in total. The molecular formula is C12H14F6N2. The number of nitrogens with two attached hydrogens (primary N) is 1. The summed E-state index contributed by atoms with van der Waals surface area (Å²) >= 11 is 0. The largest absolute Gasteiger partial charge is 0.416 e. The van der Waals surface area contributed by atoms with Gasteiger partial charge in [-0.05, 0) is 43.3 Å². The van der Waals surface area contributed by atoms with E-state index >= 15 is 0 Å². The second-order valence-corrected chi connectivity index (χ2v) is 4.23. The fourth-order valence-electron chi connectivity index (χ4n) is 1.58. The van der Waals surface area contributed by atoms with Crippen LogP contribution in [0.1, 0.15) is 23.1 Å². The molecule has 0 aliphatic heterocycles. The maximum Gasteiger partial charge on any atom is 0.416 e. The van der Waals surface area contributed by atoms with Crippen LogP contribution in [0.2, 0.25) is 0 Å². The van der Waals surface area contributed by atoms with Crippen molar-refractivity contribution < 1.29 is 26.3 Å². The molecular weight excluding hydrogens is 286 g/mol. The highest BCUT2D eigenvalue weighted by molar-refractivity contribution is 5.33. The molecule has 0 spiro atoms. The minimum Gasteiger partial charge on any atom is -0.330 e. The van der Waals surface area contributed by atoms with Crippen molar-refractivity contribution >= 4 is 0 Å². The van der Waals surface area contributed by atoms with Gasteiger partial charge in [-0.1, -0.05) is 0 Å². The Labute approximate surface area is 112 Å². The molecule has 0 aliphatic carbocycles. The molecule has 1 aromatic carbocycles. The molecule has 0 atom stereocenters. The third kappa shape index (κ3) is 5.01. The summed E-state index contributed by atoms with van der Waals surface area (Å²) in [6, 6.07) is 1.54. The average Bonchev–Trinajstić information content (AvgIpc) is 2.32. The fraction of sp³-hybridized carbons (Fsp3) is 0.500. The van der Waals surface area contributed by atoms with Crippen molar-refractivity contribution in [3.63, 3.8) is 0 Å². The normalized spacial score (nSPS) is 12.8. The number of hydrogen-bond acceptors (Lipinski definition) is 2. The summed E-state index contributed by atoms with van der Waals surface area (Å²) in [4.78, 5) is 0. The molecule has 0 bridgehead atoms. The van der Waals surface area contributed by atoms with E-state index < -0.39 is 23.5 Å². The van der Waals surface area contributed by atoms with Crippen molar-refractivity contribution in [2.75, 3.05) is 13.1 Å². The van der Waals surface area contributed by atoms with E-state index in [1.165, 1.54) is 0 Å². The van der Waals surface area contributed by atoms with Gasteiger partial charge in [-0.15, -0.1) is 0 Å². The quantitative estimate of drug-likeness (QED) is 0.647. The van der Waals surface area contributed by atoms with Crippen LogP contribution in [-0.4, -0.2) is 13.1 Å². The van der Waals surface area contributed by atoms with Gasteiger partial charge in [0.05, 0.1) is 11.1 Å². The SMILES string of the molecule is NCCCNCc1cc(C(F)(F)F)cc(C(F)(F)F)c1. The number of benzene rings is 1. The first-order valence-electron chi connectivity index (χ1n) is 5.83. The number of hydrogen-bond donors (Lipinski definition) is 2. The monoisotopic (exact) mass is 300 g/mol. The summed E-state index contributed by atoms with van der Waals surface area (Å²) in [5.74, 6) is 0. The summed E-state index contributed by atoms with van der Waals surface area (Å²) in [7, 11) is 0. The van der Waals surface area contributed by atoms with E-state index in [0.29, 0.717) is 31.6 Å². The van der Waals surface area contributed by atoms with Crippen LogP contribution in [-0.2, 0) is 18.9 Å². The molecule has 0 saturated carbocycles. The highest BCUT2D eigenvalue weighted by Gasteiger charge is 2.36. The van der Waals surface area contributed by atoms with E-state index in [1.54, 1.807) is 0 Å². The van der Waals surface area contributed by atoms with Gasteiger partial charge in [-0.3, -0.25) is 0 Å². The highest BCUT2D eigenvalue weighted by Crippen LogP contribution is 2.36. The molecule has 0 fully saturated rings. The lowest BCUT2D eigenvalue weighted by Crippen LogP contribution is -2.19. The van der Waals surface area contributed by atoms with Crippen LogP contribution in [0.5, 0.6) is 0 Å². The first-order chi connectivity index (χ1) is 9.14. The van der Waals surface area contributed by atoms with Crippen LogP contribution in [0.4, 0.5) is 26.3 Å². The van der Waals surface area contributed by atoms with E-state index in [4.69, 9.17) is 5.73 Å². The Hall–Kier alpha value is -1.28. The van der Waals surface area contributed by atoms with Gasteiger partial charge in [-0.2, -0.15) is 26.3 Å². The second-order valence-electron chi connectivity index (χ2n) is 4.23. The molecule has 0 saturated heterocycles. The Balaban J connectivity index is 2.99. The average molecular weight is 300 g/mol. The number of halogens is 6. The zero-order chi connectivity index (χ0) is 15.4. The van der Waals surface area contributed by atoms with Gasteiger partial charge in [0.1, 0.15) is 0 Å². The smallest absolute Gasteiger partial charge is 0.330 e. The predicted octanol–water partition coefficient (Wildman–Crippen LogP) is 3.16.